The maximum Gasteiger partial charge on any atom is 0.211 e. The Morgan fingerprint density at radius 2 is 2.32 bits per heavy atom. The molecule has 1 N–H and O–H groups in total. The van der Waals surface area contributed by atoms with Crippen LogP contribution in [0.4, 0.5) is 5.00 Å². The van der Waals surface area contributed by atoms with Crippen molar-refractivity contribution in [2.75, 3.05) is 24.7 Å². The van der Waals surface area contributed by atoms with Gasteiger partial charge in [0.25, 0.3) is 0 Å². The van der Waals surface area contributed by atoms with Crippen LogP contribution in [0.2, 0.25) is 0 Å². The van der Waals surface area contributed by atoms with Crippen molar-refractivity contribution < 1.29 is 8.42 Å². The van der Waals surface area contributed by atoms with Gasteiger partial charge in [-0.25, -0.2) is 12.7 Å². The smallest absolute Gasteiger partial charge is 0.211 e. The zero-order valence-electron chi connectivity index (χ0n) is 10.9. The Labute approximate surface area is 117 Å². The number of piperidine rings is 1. The molecule has 6 nitrogen and oxygen atoms in total. The molecule has 1 aromatic rings. The fourth-order valence-electron chi connectivity index (χ4n) is 2.15. The number of nitrogens with zero attached hydrogens (tertiary/aromatic N) is 3. The molecule has 1 aliphatic heterocycles. The van der Waals surface area contributed by atoms with E-state index in [-0.39, 0.29) is 6.04 Å². The standard InChI is InChI=1S/C11H16N4O2S2/c1-8-10(6-12)11(18-14-8)13-9-4-3-5-15(7-9)19(2,16)17/h9,13H,3-5,7H2,1-2H3. The lowest BCUT2D eigenvalue weighted by Crippen LogP contribution is -2.44. The van der Waals surface area contributed by atoms with Gasteiger partial charge in [-0.3, -0.25) is 0 Å². The van der Waals surface area contributed by atoms with Gasteiger partial charge in [0.1, 0.15) is 16.6 Å². The third-order valence-corrected chi connectivity index (χ3v) is 5.30. The molecule has 1 unspecified atom stereocenters. The zero-order valence-corrected chi connectivity index (χ0v) is 12.5. The summed E-state index contributed by atoms with van der Waals surface area (Å²) in [7, 11) is -3.15. The SMILES string of the molecule is Cc1nsc(NC2CCCN(S(C)(=O)=O)C2)c1C#N. The van der Waals surface area contributed by atoms with Crippen LogP contribution in [0.25, 0.3) is 0 Å². The van der Waals surface area contributed by atoms with Crippen molar-refractivity contribution in [3.8, 4) is 6.07 Å². The number of hydrogen-bond acceptors (Lipinski definition) is 6. The predicted molar refractivity (Wildman–Crippen MR) is 74.6 cm³/mol. The summed E-state index contributed by atoms with van der Waals surface area (Å²) in [6.07, 6.45) is 2.95. The first-order valence-electron chi connectivity index (χ1n) is 6.00. The van der Waals surface area contributed by atoms with Crippen LogP contribution in [-0.4, -0.2) is 42.5 Å². The van der Waals surface area contributed by atoms with E-state index in [0.717, 1.165) is 17.8 Å². The van der Waals surface area contributed by atoms with Crippen molar-refractivity contribution in [1.29, 1.82) is 5.26 Å². The maximum atomic E-state index is 11.5. The predicted octanol–water partition coefficient (Wildman–Crippen LogP) is 1.16. The van der Waals surface area contributed by atoms with Crippen LogP contribution < -0.4 is 5.32 Å². The third kappa shape index (κ3) is 3.23. The Morgan fingerprint density at radius 3 is 2.95 bits per heavy atom. The minimum atomic E-state index is -3.15. The van der Waals surface area contributed by atoms with Gasteiger partial charge < -0.3 is 5.32 Å². The van der Waals surface area contributed by atoms with Crippen molar-refractivity contribution in [2.45, 2.75) is 25.8 Å². The molecule has 0 spiro atoms. The molecule has 19 heavy (non-hydrogen) atoms. The molecule has 0 aliphatic carbocycles. The Morgan fingerprint density at radius 1 is 1.58 bits per heavy atom. The second-order valence-corrected chi connectivity index (χ2v) is 7.44. The Balaban J connectivity index is 2.09. The van der Waals surface area contributed by atoms with Gasteiger partial charge in [0.2, 0.25) is 10.0 Å². The summed E-state index contributed by atoms with van der Waals surface area (Å²) in [6.45, 7) is 2.81. The monoisotopic (exact) mass is 300 g/mol. The molecule has 2 rings (SSSR count). The molecule has 1 aliphatic rings. The first-order chi connectivity index (χ1) is 8.91. The quantitative estimate of drug-likeness (QED) is 0.905. The van der Waals surface area contributed by atoms with Gasteiger partial charge in [0.05, 0.1) is 11.9 Å². The molecule has 0 bridgehead atoms. The number of rotatable bonds is 3. The average molecular weight is 300 g/mol. The summed E-state index contributed by atoms with van der Waals surface area (Å²) in [5.74, 6) is 0. The lowest BCUT2D eigenvalue weighted by Gasteiger charge is -2.31. The summed E-state index contributed by atoms with van der Waals surface area (Å²) >= 11 is 1.25. The van der Waals surface area contributed by atoms with Crippen LogP contribution in [0.3, 0.4) is 0 Å². The molecule has 104 valence electrons. The molecule has 1 saturated heterocycles. The second kappa shape index (κ2) is 5.45. The summed E-state index contributed by atoms with van der Waals surface area (Å²) in [6, 6.07) is 2.17. The number of sulfonamides is 1. The van der Waals surface area contributed by atoms with Gasteiger partial charge in [-0.2, -0.15) is 9.64 Å². The van der Waals surface area contributed by atoms with Crippen LogP contribution in [0.15, 0.2) is 0 Å². The van der Waals surface area contributed by atoms with E-state index >= 15 is 0 Å². The molecule has 2 heterocycles. The van der Waals surface area contributed by atoms with Crippen molar-refractivity contribution in [3.63, 3.8) is 0 Å². The van der Waals surface area contributed by atoms with E-state index in [2.05, 4.69) is 15.8 Å². The molecule has 0 aromatic carbocycles. The van der Waals surface area contributed by atoms with Crippen molar-refractivity contribution in [1.82, 2.24) is 8.68 Å². The van der Waals surface area contributed by atoms with Gasteiger partial charge in [-0.1, -0.05) is 0 Å². The number of aryl methyl sites for hydroxylation is 1. The molecule has 0 saturated carbocycles. The van der Waals surface area contributed by atoms with Crippen molar-refractivity contribution >= 4 is 26.6 Å². The molecular formula is C11H16N4O2S2. The first kappa shape index (κ1) is 14.2. The van der Waals surface area contributed by atoms with Gasteiger partial charge in [0, 0.05) is 19.1 Å². The normalized spacial score (nSPS) is 21.0. The zero-order chi connectivity index (χ0) is 14.0. The molecule has 1 atom stereocenters. The molecule has 8 heteroatoms. The lowest BCUT2D eigenvalue weighted by molar-refractivity contribution is 0.329. The fraction of sp³-hybridized carbons (Fsp3) is 0.636. The number of nitrogens with one attached hydrogen (secondary N) is 1. The van der Waals surface area contributed by atoms with E-state index in [1.807, 2.05) is 0 Å². The number of aromatic nitrogens is 1. The van der Waals surface area contributed by atoms with Gasteiger partial charge in [0.15, 0.2) is 0 Å². The van der Waals surface area contributed by atoms with Gasteiger partial charge >= 0.3 is 0 Å². The Kier molecular flexibility index (Phi) is 4.08. The maximum absolute atomic E-state index is 11.5. The summed E-state index contributed by atoms with van der Waals surface area (Å²) in [5.41, 5.74) is 1.27. The van der Waals surface area contributed by atoms with E-state index in [9.17, 15) is 8.42 Å². The molecule has 0 amide bonds. The largest absolute Gasteiger partial charge is 0.371 e. The fourth-order valence-corrected chi connectivity index (χ4v) is 3.88. The minimum absolute atomic E-state index is 0.0374. The lowest BCUT2D eigenvalue weighted by atomic mass is 10.1. The number of anilines is 1. The van der Waals surface area contributed by atoms with Crippen LogP contribution in [0.1, 0.15) is 24.1 Å². The van der Waals surface area contributed by atoms with Crippen LogP contribution >= 0.6 is 11.5 Å². The number of nitriles is 1. The van der Waals surface area contributed by atoms with E-state index in [4.69, 9.17) is 5.26 Å². The average Bonchev–Trinajstić information content (AvgIpc) is 2.69. The van der Waals surface area contributed by atoms with Gasteiger partial charge in [-0.15, -0.1) is 0 Å². The highest BCUT2D eigenvalue weighted by atomic mass is 32.2. The summed E-state index contributed by atoms with van der Waals surface area (Å²) in [4.78, 5) is 0. The van der Waals surface area contributed by atoms with Gasteiger partial charge in [-0.05, 0) is 31.3 Å². The molecular weight excluding hydrogens is 284 g/mol. The molecule has 0 radical (unpaired) electrons. The Bertz CT molecular complexity index is 603. The highest BCUT2D eigenvalue weighted by Crippen LogP contribution is 2.26. The second-order valence-electron chi connectivity index (χ2n) is 4.69. The first-order valence-corrected chi connectivity index (χ1v) is 8.62. The van der Waals surface area contributed by atoms with Crippen LogP contribution in [-0.2, 0) is 10.0 Å². The van der Waals surface area contributed by atoms with Crippen LogP contribution in [0.5, 0.6) is 0 Å². The minimum Gasteiger partial charge on any atom is -0.371 e. The highest BCUT2D eigenvalue weighted by molar-refractivity contribution is 7.88. The summed E-state index contributed by atoms with van der Waals surface area (Å²) < 4.78 is 28.7. The van der Waals surface area contributed by atoms with Crippen molar-refractivity contribution in [2.24, 2.45) is 0 Å². The third-order valence-electron chi connectivity index (χ3n) is 3.16. The van der Waals surface area contributed by atoms with E-state index in [1.54, 1.807) is 6.92 Å². The van der Waals surface area contributed by atoms with E-state index < -0.39 is 10.0 Å². The summed E-state index contributed by atoms with van der Waals surface area (Å²) in [5, 5.41) is 13.1. The topological polar surface area (TPSA) is 86.1 Å². The highest BCUT2D eigenvalue weighted by Gasteiger charge is 2.26. The molecule has 1 fully saturated rings. The molecule has 1 aromatic heterocycles. The Hall–Kier alpha value is -1.17. The van der Waals surface area contributed by atoms with Crippen molar-refractivity contribution in [3.05, 3.63) is 11.3 Å². The van der Waals surface area contributed by atoms with E-state index in [1.165, 1.54) is 22.1 Å². The van der Waals surface area contributed by atoms with Crippen LogP contribution in [0, 0.1) is 18.3 Å². The number of hydrogen-bond donors (Lipinski definition) is 1. The van der Waals surface area contributed by atoms with E-state index in [0.29, 0.717) is 24.3 Å².